The van der Waals surface area contributed by atoms with Crippen LogP contribution in [0.15, 0.2) is 83.7 Å². The average Bonchev–Trinajstić information content (AvgIpc) is 2.81. The van der Waals surface area contributed by atoms with E-state index in [1.807, 2.05) is 31.2 Å². The molecule has 7 heteroatoms. The van der Waals surface area contributed by atoms with Gasteiger partial charge in [-0.3, -0.25) is 9.59 Å². The van der Waals surface area contributed by atoms with Crippen molar-refractivity contribution in [3.63, 3.8) is 0 Å². The lowest BCUT2D eigenvalue weighted by atomic mass is 10.1. The molecule has 0 bridgehead atoms. The topological polar surface area (TPSA) is 90.3 Å². The van der Waals surface area contributed by atoms with E-state index in [2.05, 4.69) is 10.4 Å². The highest BCUT2D eigenvalue weighted by atomic mass is 16.5. The highest BCUT2D eigenvalue weighted by molar-refractivity contribution is 6.04. The van der Waals surface area contributed by atoms with Gasteiger partial charge in [-0.25, -0.2) is 4.79 Å². The second-order valence-corrected chi connectivity index (χ2v) is 7.30. The molecule has 0 radical (unpaired) electrons. The second-order valence-electron chi connectivity index (χ2n) is 7.30. The Balaban J connectivity index is 1.66. The molecule has 1 unspecified atom stereocenters. The van der Waals surface area contributed by atoms with Crippen LogP contribution in [0.2, 0.25) is 0 Å². The number of carbonyl (C=O) groups is 2. The van der Waals surface area contributed by atoms with Crippen molar-refractivity contribution in [2.24, 2.45) is 0 Å². The first-order valence-corrected chi connectivity index (χ1v) is 10.1. The molecule has 1 N–H and O–H groups in total. The molecule has 1 aromatic heterocycles. The Morgan fingerprint density at radius 2 is 1.53 bits per heavy atom. The van der Waals surface area contributed by atoms with Crippen molar-refractivity contribution < 1.29 is 14.3 Å². The van der Waals surface area contributed by atoms with Gasteiger partial charge in [0.05, 0.1) is 11.1 Å². The number of anilines is 1. The van der Waals surface area contributed by atoms with Gasteiger partial charge < -0.3 is 10.1 Å². The number of ether oxygens (including phenoxy) is 1. The predicted molar refractivity (Wildman–Crippen MR) is 122 cm³/mol. The summed E-state index contributed by atoms with van der Waals surface area (Å²) < 4.78 is 6.58. The van der Waals surface area contributed by atoms with Gasteiger partial charge in [0.15, 0.2) is 11.8 Å². The number of amides is 1. The first kappa shape index (κ1) is 21.0. The molecule has 1 atom stereocenters. The van der Waals surface area contributed by atoms with Crippen LogP contribution in [0.25, 0.3) is 16.5 Å². The third kappa shape index (κ3) is 4.13. The monoisotopic (exact) mass is 427 g/mol. The van der Waals surface area contributed by atoms with Crippen molar-refractivity contribution in [3.8, 4) is 5.69 Å². The van der Waals surface area contributed by atoms with Gasteiger partial charge in [-0.2, -0.15) is 9.78 Å². The van der Waals surface area contributed by atoms with E-state index < -0.39 is 18.0 Å². The number of nitrogens with zero attached hydrogens (tertiary/aromatic N) is 2. The maximum Gasteiger partial charge on any atom is 0.360 e. The van der Waals surface area contributed by atoms with Crippen LogP contribution in [0, 0.1) is 6.92 Å². The van der Waals surface area contributed by atoms with Crippen LogP contribution >= 0.6 is 0 Å². The Bertz CT molecular complexity index is 1360. The lowest BCUT2D eigenvalue weighted by molar-refractivity contribution is -0.123. The molecule has 0 saturated carbocycles. The summed E-state index contributed by atoms with van der Waals surface area (Å²) in [5.74, 6) is -1.26. The number of hydrogen-bond donors (Lipinski definition) is 1. The van der Waals surface area contributed by atoms with E-state index in [0.717, 1.165) is 10.2 Å². The second kappa shape index (κ2) is 8.85. The normalized spacial score (nSPS) is 11.7. The molecule has 4 rings (SSSR count). The Morgan fingerprint density at radius 3 is 2.25 bits per heavy atom. The minimum atomic E-state index is -1.07. The summed E-state index contributed by atoms with van der Waals surface area (Å²) in [6.45, 7) is 3.36. The predicted octanol–water partition coefficient (Wildman–Crippen LogP) is 3.88. The van der Waals surface area contributed by atoms with Crippen LogP contribution in [0.1, 0.15) is 23.0 Å². The van der Waals surface area contributed by atoms with E-state index in [9.17, 15) is 14.4 Å². The summed E-state index contributed by atoms with van der Waals surface area (Å²) in [5.41, 5.74) is 1.65. The molecule has 0 fully saturated rings. The van der Waals surface area contributed by atoms with E-state index in [0.29, 0.717) is 22.1 Å². The summed E-state index contributed by atoms with van der Waals surface area (Å²) >= 11 is 0. The van der Waals surface area contributed by atoms with E-state index >= 15 is 0 Å². The van der Waals surface area contributed by atoms with Gasteiger partial charge in [0, 0.05) is 11.1 Å². The molecular weight excluding hydrogens is 406 g/mol. The lowest BCUT2D eigenvalue weighted by Crippen LogP contribution is -2.32. The van der Waals surface area contributed by atoms with Crippen LogP contribution in [-0.4, -0.2) is 27.8 Å². The SMILES string of the molecule is Cc1ccccc1NC(=O)C(C)OC(=O)c1nn(-c2ccccc2)c(=O)c2ccccc12. The quantitative estimate of drug-likeness (QED) is 0.488. The number of benzene rings is 3. The number of aromatic nitrogens is 2. The van der Waals surface area contributed by atoms with Crippen molar-refractivity contribution >= 4 is 28.3 Å². The van der Waals surface area contributed by atoms with Gasteiger partial charge in [-0.15, -0.1) is 0 Å². The molecule has 0 saturated heterocycles. The molecular formula is C25H21N3O4. The fourth-order valence-corrected chi connectivity index (χ4v) is 3.30. The van der Waals surface area contributed by atoms with Crippen molar-refractivity contribution in [2.75, 3.05) is 5.32 Å². The fourth-order valence-electron chi connectivity index (χ4n) is 3.30. The minimum Gasteiger partial charge on any atom is -0.448 e. The van der Waals surface area contributed by atoms with E-state index in [-0.39, 0.29) is 11.3 Å². The third-order valence-corrected chi connectivity index (χ3v) is 5.06. The number of para-hydroxylation sites is 2. The lowest BCUT2D eigenvalue weighted by Gasteiger charge is -2.15. The number of carbonyl (C=O) groups excluding carboxylic acids is 2. The van der Waals surface area contributed by atoms with Gasteiger partial charge in [-0.05, 0) is 43.7 Å². The Kier molecular flexibility index (Phi) is 5.81. The number of nitrogens with one attached hydrogen (secondary N) is 1. The molecule has 3 aromatic carbocycles. The van der Waals surface area contributed by atoms with Gasteiger partial charge in [-0.1, -0.05) is 54.6 Å². The van der Waals surface area contributed by atoms with Crippen LogP contribution in [0.4, 0.5) is 5.69 Å². The molecule has 0 aliphatic carbocycles. The molecule has 0 spiro atoms. The number of esters is 1. The summed E-state index contributed by atoms with van der Waals surface area (Å²) in [6, 6.07) is 22.8. The van der Waals surface area contributed by atoms with E-state index in [4.69, 9.17) is 4.74 Å². The molecule has 32 heavy (non-hydrogen) atoms. The van der Waals surface area contributed by atoms with Crippen LogP contribution < -0.4 is 10.9 Å². The molecule has 1 amide bonds. The van der Waals surface area contributed by atoms with Gasteiger partial charge in [0.25, 0.3) is 11.5 Å². The number of fused-ring (bicyclic) bond motifs is 1. The summed E-state index contributed by atoms with van der Waals surface area (Å²) in [4.78, 5) is 38.5. The largest absolute Gasteiger partial charge is 0.448 e. The Hall–Kier alpha value is -4.26. The van der Waals surface area contributed by atoms with Gasteiger partial charge in [0.2, 0.25) is 0 Å². The van der Waals surface area contributed by atoms with Crippen LogP contribution in [0.3, 0.4) is 0 Å². The smallest absolute Gasteiger partial charge is 0.360 e. The standard InChI is InChI=1S/C25H21N3O4/c1-16-10-6-9-15-21(16)26-23(29)17(2)32-25(31)22-19-13-7-8-14-20(19)24(30)28(27-22)18-11-4-3-5-12-18/h3-15,17H,1-2H3,(H,26,29). The highest BCUT2D eigenvalue weighted by Gasteiger charge is 2.24. The van der Waals surface area contributed by atoms with E-state index in [1.54, 1.807) is 54.6 Å². The zero-order valence-electron chi connectivity index (χ0n) is 17.6. The van der Waals surface area contributed by atoms with Crippen LogP contribution in [-0.2, 0) is 9.53 Å². The third-order valence-electron chi connectivity index (χ3n) is 5.06. The first-order valence-electron chi connectivity index (χ1n) is 10.1. The van der Waals surface area contributed by atoms with Crippen molar-refractivity contribution in [1.82, 2.24) is 9.78 Å². The van der Waals surface area contributed by atoms with Crippen molar-refractivity contribution in [2.45, 2.75) is 20.0 Å². The summed E-state index contributed by atoms with van der Waals surface area (Å²) in [7, 11) is 0. The highest BCUT2D eigenvalue weighted by Crippen LogP contribution is 2.18. The first-order chi connectivity index (χ1) is 15.5. The van der Waals surface area contributed by atoms with Crippen molar-refractivity contribution in [1.29, 1.82) is 0 Å². The summed E-state index contributed by atoms with van der Waals surface area (Å²) in [6.07, 6.45) is -1.07. The summed E-state index contributed by atoms with van der Waals surface area (Å²) in [5, 5.41) is 7.73. The number of aryl methyl sites for hydroxylation is 1. The Labute approximate surface area is 184 Å². The maximum atomic E-state index is 13.0. The Morgan fingerprint density at radius 1 is 0.906 bits per heavy atom. The molecule has 4 aromatic rings. The van der Waals surface area contributed by atoms with Gasteiger partial charge in [0.1, 0.15) is 0 Å². The molecule has 7 nitrogen and oxygen atoms in total. The number of rotatable bonds is 5. The fraction of sp³-hybridized carbons (Fsp3) is 0.120. The van der Waals surface area contributed by atoms with Crippen LogP contribution in [0.5, 0.6) is 0 Å². The molecule has 160 valence electrons. The van der Waals surface area contributed by atoms with Gasteiger partial charge >= 0.3 is 5.97 Å². The molecule has 0 aliphatic heterocycles. The average molecular weight is 427 g/mol. The zero-order chi connectivity index (χ0) is 22.7. The maximum absolute atomic E-state index is 13.0. The number of hydrogen-bond acceptors (Lipinski definition) is 5. The molecule has 0 aliphatic rings. The van der Waals surface area contributed by atoms with E-state index in [1.165, 1.54) is 6.92 Å². The minimum absolute atomic E-state index is 0.0420. The van der Waals surface area contributed by atoms with Crippen molar-refractivity contribution in [3.05, 3.63) is 100 Å². The zero-order valence-corrected chi connectivity index (χ0v) is 17.6. The molecule has 1 heterocycles.